The van der Waals surface area contributed by atoms with E-state index in [0.717, 1.165) is 11.1 Å². The highest BCUT2D eigenvalue weighted by molar-refractivity contribution is 5.25. The average Bonchev–Trinajstić information content (AvgIpc) is 3.01. The van der Waals surface area contributed by atoms with Crippen LogP contribution in [0.5, 0.6) is 0 Å². The van der Waals surface area contributed by atoms with E-state index < -0.39 is 18.8 Å². The predicted octanol–water partition coefficient (Wildman–Crippen LogP) is 2.66. The van der Waals surface area contributed by atoms with Crippen LogP contribution in [0.4, 0.5) is 4.39 Å². The van der Waals surface area contributed by atoms with Gasteiger partial charge in [-0.15, -0.1) is 5.10 Å². The van der Waals surface area contributed by atoms with Crippen LogP contribution >= 0.6 is 0 Å². The van der Waals surface area contributed by atoms with Crippen LogP contribution in [-0.4, -0.2) is 34.8 Å². The number of hydrogen-bond donors (Lipinski definition) is 0. The molecular formula is C13H15FN6O. The smallest absolute Gasteiger partial charge is 0.101 e. The van der Waals surface area contributed by atoms with Crippen LogP contribution in [0.15, 0.2) is 41.8 Å². The van der Waals surface area contributed by atoms with Crippen molar-refractivity contribution >= 4 is 0 Å². The molecule has 0 bridgehead atoms. The summed E-state index contributed by atoms with van der Waals surface area (Å²) in [5, 5.41) is 11.1. The summed E-state index contributed by atoms with van der Waals surface area (Å²) in [6.45, 7) is -0.176. The lowest BCUT2D eigenvalue weighted by atomic mass is 10.0. The Morgan fingerprint density at radius 1 is 1.43 bits per heavy atom. The fraction of sp³-hybridized carbons (Fsp3) is 0.385. The third-order valence-electron chi connectivity index (χ3n) is 3.09. The lowest BCUT2D eigenvalue weighted by Crippen LogP contribution is -2.20. The summed E-state index contributed by atoms with van der Waals surface area (Å²) in [6, 6.07) is 6.58. The highest BCUT2D eigenvalue weighted by Gasteiger charge is 2.22. The van der Waals surface area contributed by atoms with Gasteiger partial charge in [0.25, 0.3) is 0 Å². The van der Waals surface area contributed by atoms with E-state index in [0.29, 0.717) is 6.54 Å². The molecule has 8 heteroatoms. The van der Waals surface area contributed by atoms with Crippen LogP contribution in [0, 0.1) is 0 Å². The van der Waals surface area contributed by atoms with E-state index in [1.54, 1.807) is 17.1 Å². The van der Waals surface area contributed by atoms with Crippen molar-refractivity contribution in [1.82, 2.24) is 15.0 Å². The number of hydrogen-bond acceptors (Lipinski definition) is 4. The van der Waals surface area contributed by atoms with Crippen LogP contribution in [-0.2, 0) is 11.3 Å². The third kappa shape index (κ3) is 3.77. The second-order valence-corrected chi connectivity index (χ2v) is 4.43. The minimum Gasteiger partial charge on any atom is -0.376 e. The zero-order valence-electron chi connectivity index (χ0n) is 11.5. The second kappa shape index (κ2) is 7.37. The summed E-state index contributed by atoms with van der Waals surface area (Å²) in [5.41, 5.74) is 10.3. The van der Waals surface area contributed by atoms with Crippen LogP contribution in [0.3, 0.4) is 0 Å². The molecule has 0 spiro atoms. The number of benzene rings is 1. The van der Waals surface area contributed by atoms with Crippen molar-refractivity contribution in [2.45, 2.75) is 18.7 Å². The Bertz CT molecular complexity index is 594. The lowest BCUT2D eigenvalue weighted by Gasteiger charge is -2.20. The van der Waals surface area contributed by atoms with Gasteiger partial charge in [-0.1, -0.05) is 34.6 Å². The fourth-order valence-electron chi connectivity index (χ4n) is 2.07. The minimum absolute atomic E-state index is 0.598. The molecule has 0 amide bonds. The SMILES string of the molecule is CO[C@H](c1ccc(Cn2ccnn2)cc1)[C@@H](CF)N=[N+]=[N-]. The van der Waals surface area contributed by atoms with Gasteiger partial charge in [0.1, 0.15) is 6.67 Å². The maximum atomic E-state index is 12.9. The number of alkyl halides is 1. The first kappa shape index (κ1) is 15.0. The van der Waals surface area contributed by atoms with E-state index in [2.05, 4.69) is 20.3 Å². The molecule has 0 fully saturated rings. The van der Waals surface area contributed by atoms with Crippen molar-refractivity contribution in [1.29, 1.82) is 0 Å². The van der Waals surface area contributed by atoms with Gasteiger partial charge in [0.2, 0.25) is 0 Å². The molecule has 21 heavy (non-hydrogen) atoms. The number of methoxy groups -OCH3 is 1. The number of ether oxygens (including phenoxy) is 1. The van der Waals surface area contributed by atoms with E-state index in [1.807, 2.05) is 24.3 Å². The van der Waals surface area contributed by atoms with Crippen molar-refractivity contribution in [2.75, 3.05) is 13.8 Å². The van der Waals surface area contributed by atoms with Crippen molar-refractivity contribution in [3.8, 4) is 0 Å². The van der Waals surface area contributed by atoms with E-state index in [1.165, 1.54) is 7.11 Å². The first-order valence-electron chi connectivity index (χ1n) is 6.34. The van der Waals surface area contributed by atoms with Crippen LogP contribution in [0.2, 0.25) is 0 Å². The summed E-state index contributed by atoms with van der Waals surface area (Å²) >= 11 is 0. The topological polar surface area (TPSA) is 88.7 Å². The molecule has 1 heterocycles. The minimum atomic E-state index is -0.874. The van der Waals surface area contributed by atoms with Crippen LogP contribution < -0.4 is 0 Å². The summed E-state index contributed by atoms with van der Waals surface area (Å²) in [4.78, 5) is 2.66. The Labute approximate surface area is 121 Å². The molecule has 0 aliphatic heterocycles. The van der Waals surface area contributed by atoms with Gasteiger partial charge in [-0.2, -0.15) is 0 Å². The molecule has 0 saturated carbocycles. The largest absolute Gasteiger partial charge is 0.376 e. The Morgan fingerprint density at radius 2 is 2.19 bits per heavy atom. The molecule has 0 unspecified atom stereocenters. The monoisotopic (exact) mass is 290 g/mol. The van der Waals surface area contributed by atoms with Gasteiger partial charge < -0.3 is 4.74 Å². The van der Waals surface area contributed by atoms with Gasteiger partial charge in [0.05, 0.1) is 24.9 Å². The zero-order valence-corrected chi connectivity index (χ0v) is 11.5. The first-order chi connectivity index (χ1) is 10.3. The second-order valence-electron chi connectivity index (χ2n) is 4.43. The average molecular weight is 290 g/mol. The Balaban J connectivity index is 2.14. The molecule has 0 radical (unpaired) electrons. The molecule has 110 valence electrons. The molecule has 0 aliphatic rings. The number of halogens is 1. The van der Waals surface area contributed by atoms with Gasteiger partial charge in [0.15, 0.2) is 0 Å². The molecule has 1 aromatic heterocycles. The fourth-order valence-corrected chi connectivity index (χ4v) is 2.07. The quantitative estimate of drug-likeness (QED) is 0.446. The Kier molecular flexibility index (Phi) is 5.25. The highest BCUT2D eigenvalue weighted by Crippen LogP contribution is 2.24. The number of nitrogens with zero attached hydrogens (tertiary/aromatic N) is 6. The lowest BCUT2D eigenvalue weighted by molar-refractivity contribution is 0.0722. The van der Waals surface area contributed by atoms with E-state index in [-0.39, 0.29) is 0 Å². The molecule has 2 atom stereocenters. The first-order valence-corrected chi connectivity index (χ1v) is 6.34. The molecule has 0 saturated heterocycles. The highest BCUT2D eigenvalue weighted by atomic mass is 19.1. The van der Waals surface area contributed by atoms with Gasteiger partial charge >= 0.3 is 0 Å². The third-order valence-corrected chi connectivity index (χ3v) is 3.09. The molecule has 7 nitrogen and oxygen atoms in total. The van der Waals surface area contributed by atoms with Crippen molar-refractivity contribution in [3.05, 3.63) is 58.2 Å². The van der Waals surface area contributed by atoms with Gasteiger partial charge in [0, 0.05) is 18.2 Å². The van der Waals surface area contributed by atoms with Gasteiger partial charge in [-0.3, -0.25) is 4.39 Å². The summed E-state index contributed by atoms with van der Waals surface area (Å²) in [6.07, 6.45) is 2.78. The molecular weight excluding hydrogens is 275 g/mol. The molecule has 1 aromatic carbocycles. The van der Waals surface area contributed by atoms with Gasteiger partial charge in [-0.05, 0) is 16.7 Å². The summed E-state index contributed by atoms with van der Waals surface area (Å²) < 4.78 is 19.9. The normalized spacial score (nSPS) is 13.4. The molecule has 2 aromatic rings. The van der Waals surface area contributed by atoms with Crippen LogP contribution in [0.1, 0.15) is 17.2 Å². The molecule has 0 N–H and O–H groups in total. The predicted molar refractivity (Wildman–Crippen MR) is 74.2 cm³/mol. The Hall–Kier alpha value is -2.44. The van der Waals surface area contributed by atoms with E-state index in [9.17, 15) is 4.39 Å². The summed E-state index contributed by atoms with van der Waals surface area (Å²) in [5.74, 6) is 0. The van der Waals surface area contributed by atoms with Gasteiger partial charge in [-0.25, -0.2) is 4.68 Å². The standard InChI is InChI=1S/C13H15FN6O/c1-21-13(12(8-14)17-18-15)11-4-2-10(3-5-11)9-20-7-6-16-19-20/h2-7,12-13H,8-9H2,1H3/t12-,13-/m1/s1. The number of aromatic nitrogens is 3. The number of rotatable bonds is 7. The van der Waals surface area contributed by atoms with Crippen molar-refractivity contribution in [2.24, 2.45) is 5.11 Å². The summed E-state index contributed by atoms with van der Waals surface area (Å²) in [7, 11) is 1.46. The maximum absolute atomic E-state index is 12.9. The van der Waals surface area contributed by atoms with E-state index in [4.69, 9.17) is 10.3 Å². The molecule has 2 rings (SSSR count). The molecule has 0 aliphatic carbocycles. The Morgan fingerprint density at radius 3 is 2.71 bits per heavy atom. The van der Waals surface area contributed by atoms with Crippen molar-refractivity contribution in [3.63, 3.8) is 0 Å². The number of azide groups is 1. The van der Waals surface area contributed by atoms with Crippen molar-refractivity contribution < 1.29 is 9.13 Å². The zero-order chi connectivity index (χ0) is 15.1. The van der Waals surface area contributed by atoms with Crippen LogP contribution in [0.25, 0.3) is 10.4 Å². The van der Waals surface area contributed by atoms with E-state index >= 15 is 0 Å². The maximum Gasteiger partial charge on any atom is 0.101 e.